The van der Waals surface area contributed by atoms with E-state index in [0.29, 0.717) is 19.4 Å². The standard InChI is InChI=1S/C10H18O2/c1-4-8-12-9-7-10(11,5-2)6-3/h11H,4-6,8H2,1-3H3. The summed E-state index contributed by atoms with van der Waals surface area (Å²) in [7, 11) is 0. The van der Waals surface area contributed by atoms with Crippen molar-refractivity contribution in [1.29, 1.82) is 0 Å². The van der Waals surface area contributed by atoms with Crippen LogP contribution in [-0.4, -0.2) is 17.3 Å². The van der Waals surface area contributed by atoms with Gasteiger partial charge in [-0.2, -0.15) is 0 Å². The predicted molar refractivity (Wildman–Crippen MR) is 49.6 cm³/mol. The average Bonchev–Trinajstić information content (AvgIpc) is 2.12. The van der Waals surface area contributed by atoms with Gasteiger partial charge in [-0.15, -0.1) is 0 Å². The maximum absolute atomic E-state index is 9.67. The summed E-state index contributed by atoms with van der Waals surface area (Å²) < 4.78 is 4.96. The Morgan fingerprint density at radius 3 is 2.25 bits per heavy atom. The molecule has 0 aliphatic carbocycles. The molecule has 0 saturated heterocycles. The lowest BCUT2D eigenvalue weighted by Gasteiger charge is -2.16. The summed E-state index contributed by atoms with van der Waals surface area (Å²) in [5.41, 5.74) is -0.853. The molecule has 70 valence electrons. The largest absolute Gasteiger partial charge is 0.447 e. The smallest absolute Gasteiger partial charge is 0.128 e. The zero-order valence-electron chi connectivity index (χ0n) is 8.18. The summed E-state index contributed by atoms with van der Waals surface area (Å²) >= 11 is 0. The van der Waals surface area contributed by atoms with Gasteiger partial charge in [0.25, 0.3) is 0 Å². The third-order valence-electron chi connectivity index (χ3n) is 1.83. The van der Waals surface area contributed by atoms with Crippen LogP contribution >= 0.6 is 0 Å². The van der Waals surface area contributed by atoms with Crippen molar-refractivity contribution in [2.75, 3.05) is 6.61 Å². The molecule has 0 aliphatic rings. The van der Waals surface area contributed by atoms with Crippen molar-refractivity contribution in [2.24, 2.45) is 0 Å². The first-order chi connectivity index (χ1) is 5.68. The monoisotopic (exact) mass is 170 g/mol. The predicted octanol–water partition coefficient (Wildman–Crippen LogP) is 1.93. The van der Waals surface area contributed by atoms with Gasteiger partial charge in [0.15, 0.2) is 0 Å². The topological polar surface area (TPSA) is 29.5 Å². The Morgan fingerprint density at radius 1 is 1.25 bits per heavy atom. The van der Waals surface area contributed by atoms with Crippen molar-refractivity contribution in [3.8, 4) is 12.0 Å². The summed E-state index contributed by atoms with van der Waals surface area (Å²) in [5.74, 6) is 2.71. The highest BCUT2D eigenvalue weighted by Gasteiger charge is 2.18. The Hall–Kier alpha value is -0.680. The molecule has 0 aromatic rings. The number of ether oxygens (including phenoxy) is 1. The zero-order valence-corrected chi connectivity index (χ0v) is 8.18. The van der Waals surface area contributed by atoms with Crippen LogP contribution in [0.3, 0.4) is 0 Å². The van der Waals surface area contributed by atoms with E-state index >= 15 is 0 Å². The molecule has 0 unspecified atom stereocenters. The third-order valence-corrected chi connectivity index (χ3v) is 1.83. The van der Waals surface area contributed by atoms with E-state index in [-0.39, 0.29) is 0 Å². The van der Waals surface area contributed by atoms with E-state index in [9.17, 15) is 5.11 Å². The Balaban J connectivity index is 3.88. The first-order valence-electron chi connectivity index (χ1n) is 4.54. The summed E-state index contributed by atoms with van der Waals surface area (Å²) in [4.78, 5) is 0. The van der Waals surface area contributed by atoms with Crippen molar-refractivity contribution in [3.63, 3.8) is 0 Å². The van der Waals surface area contributed by atoms with Crippen LogP contribution in [0.2, 0.25) is 0 Å². The molecule has 0 aromatic heterocycles. The lowest BCUT2D eigenvalue weighted by atomic mass is 9.99. The molecule has 12 heavy (non-hydrogen) atoms. The van der Waals surface area contributed by atoms with Gasteiger partial charge < -0.3 is 9.84 Å². The average molecular weight is 170 g/mol. The summed E-state index contributed by atoms with van der Waals surface area (Å²) in [6.07, 6.45) is 4.77. The van der Waals surface area contributed by atoms with Gasteiger partial charge in [0, 0.05) is 0 Å². The molecule has 0 atom stereocenters. The van der Waals surface area contributed by atoms with Gasteiger partial charge >= 0.3 is 0 Å². The highest BCUT2D eigenvalue weighted by molar-refractivity contribution is 5.09. The maximum Gasteiger partial charge on any atom is 0.128 e. The third kappa shape index (κ3) is 4.25. The highest BCUT2D eigenvalue weighted by Crippen LogP contribution is 2.12. The number of rotatable bonds is 4. The Kier molecular flexibility index (Phi) is 5.57. The molecule has 0 spiro atoms. The Bertz CT molecular complexity index is 160. The van der Waals surface area contributed by atoms with E-state index < -0.39 is 5.60 Å². The molecule has 0 rings (SSSR count). The first kappa shape index (κ1) is 11.3. The Morgan fingerprint density at radius 2 is 1.83 bits per heavy atom. The van der Waals surface area contributed by atoms with E-state index in [1.807, 2.05) is 20.8 Å². The highest BCUT2D eigenvalue weighted by atomic mass is 16.5. The van der Waals surface area contributed by atoms with Crippen molar-refractivity contribution >= 4 is 0 Å². The summed E-state index contributed by atoms with van der Waals surface area (Å²) in [6, 6.07) is 0. The maximum atomic E-state index is 9.67. The molecule has 2 heteroatoms. The van der Waals surface area contributed by atoms with Crippen LogP contribution in [0.5, 0.6) is 0 Å². The lowest BCUT2D eigenvalue weighted by Crippen LogP contribution is -2.23. The molecule has 0 amide bonds. The molecule has 0 fully saturated rings. The molecule has 0 aromatic carbocycles. The molecule has 0 radical (unpaired) electrons. The van der Waals surface area contributed by atoms with E-state index in [0.717, 1.165) is 6.42 Å². The molecular formula is C10H18O2. The van der Waals surface area contributed by atoms with E-state index in [4.69, 9.17) is 4.74 Å². The number of aliphatic hydroxyl groups is 1. The fourth-order valence-corrected chi connectivity index (χ4v) is 0.711. The lowest BCUT2D eigenvalue weighted by molar-refractivity contribution is 0.0915. The normalized spacial score (nSPS) is 10.3. The van der Waals surface area contributed by atoms with Crippen molar-refractivity contribution in [2.45, 2.75) is 45.6 Å². The fourth-order valence-electron chi connectivity index (χ4n) is 0.711. The SMILES string of the molecule is CCCOC#CC(O)(CC)CC. The van der Waals surface area contributed by atoms with Gasteiger partial charge in [0.1, 0.15) is 11.7 Å². The molecule has 1 N–H and O–H groups in total. The minimum absolute atomic E-state index is 0.635. The molecular weight excluding hydrogens is 152 g/mol. The van der Waals surface area contributed by atoms with E-state index in [2.05, 4.69) is 12.0 Å². The number of hydrogen-bond donors (Lipinski definition) is 1. The number of hydrogen-bond acceptors (Lipinski definition) is 2. The van der Waals surface area contributed by atoms with Gasteiger partial charge in [-0.3, -0.25) is 0 Å². The van der Waals surface area contributed by atoms with Gasteiger partial charge in [0.05, 0.1) is 6.61 Å². The van der Waals surface area contributed by atoms with Gasteiger partial charge in [-0.25, -0.2) is 0 Å². The summed E-state index contributed by atoms with van der Waals surface area (Å²) in [6.45, 7) is 6.49. The molecule has 0 aliphatic heterocycles. The first-order valence-corrected chi connectivity index (χ1v) is 4.54. The minimum atomic E-state index is -0.853. The van der Waals surface area contributed by atoms with Crippen LogP contribution in [0.4, 0.5) is 0 Å². The quantitative estimate of drug-likeness (QED) is 0.516. The van der Waals surface area contributed by atoms with Crippen molar-refractivity contribution in [3.05, 3.63) is 0 Å². The van der Waals surface area contributed by atoms with Crippen LogP contribution < -0.4 is 0 Å². The minimum Gasteiger partial charge on any atom is -0.447 e. The summed E-state index contributed by atoms with van der Waals surface area (Å²) in [5, 5.41) is 9.67. The molecule has 2 nitrogen and oxygen atoms in total. The second-order valence-electron chi connectivity index (χ2n) is 2.81. The Labute approximate surface area is 74.9 Å². The van der Waals surface area contributed by atoms with E-state index in [1.54, 1.807) is 0 Å². The van der Waals surface area contributed by atoms with Crippen LogP contribution in [0.25, 0.3) is 0 Å². The van der Waals surface area contributed by atoms with Gasteiger partial charge in [-0.05, 0) is 25.2 Å². The molecule has 0 bridgehead atoms. The zero-order chi connectivity index (χ0) is 9.45. The van der Waals surface area contributed by atoms with Crippen LogP contribution in [0.1, 0.15) is 40.0 Å². The van der Waals surface area contributed by atoms with Crippen molar-refractivity contribution < 1.29 is 9.84 Å². The van der Waals surface area contributed by atoms with Gasteiger partial charge in [-0.1, -0.05) is 20.8 Å². The van der Waals surface area contributed by atoms with Crippen LogP contribution in [0.15, 0.2) is 0 Å². The fraction of sp³-hybridized carbons (Fsp3) is 0.800. The van der Waals surface area contributed by atoms with Crippen molar-refractivity contribution in [1.82, 2.24) is 0 Å². The second kappa shape index (κ2) is 5.91. The van der Waals surface area contributed by atoms with Crippen LogP contribution in [-0.2, 0) is 4.74 Å². The van der Waals surface area contributed by atoms with Crippen LogP contribution in [0, 0.1) is 12.0 Å². The second-order valence-corrected chi connectivity index (χ2v) is 2.81. The molecule has 0 saturated carbocycles. The van der Waals surface area contributed by atoms with Gasteiger partial charge in [0.2, 0.25) is 0 Å². The van der Waals surface area contributed by atoms with E-state index in [1.165, 1.54) is 0 Å². The molecule has 0 heterocycles.